The van der Waals surface area contributed by atoms with E-state index in [4.69, 9.17) is 11.6 Å². The summed E-state index contributed by atoms with van der Waals surface area (Å²) in [7, 11) is 0. The summed E-state index contributed by atoms with van der Waals surface area (Å²) in [5.41, 5.74) is 4.30. The number of piperidine rings is 1. The Bertz CT molecular complexity index is 608. The molecule has 2 aliphatic rings. The lowest BCUT2D eigenvalue weighted by Gasteiger charge is -2.35. The highest BCUT2D eigenvalue weighted by atomic mass is 35.5. The minimum atomic E-state index is 0.509. The lowest BCUT2D eigenvalue weighted by Crippen LogP contribution is -2.31. The Kier molecular flexibility index (Phi) is 2.56. The normalized spacial score (nSPS) is 24.4. The maximum Gasteiger partial charge on any atom is 0.0551 e. The molecule has 0 N–H and O–H groups in total. The van der Waals surface area contributed by atoms with Crippen LogP contribution in [0.15, 0.2) is 48.5 Å². The molecule has 1 aliphatic carbocycles. The van der Waals surface area contributed by atoms with Gasteiger partial charge in [-0.1, -0.05) is 35.9 Å². The Hall–Kier alpha value is -1.47. The smallest absolute Gasteiger partial charge is 0.0551 e. The molecule has 0 spiro atoms. The first-order valence-electron chi connectivity index (χ1n) is 6.94. The summed E-state index contributed by atoms with van der Waals surface area (Å²) in [6, 6.07) is 17.7. The summed E-state index contributed by atoms with van der Waals surface area (Å²) < 4.78 is 0. The van der Waals surface area contributed by atoms with Crippen LogP contribution in [0, 0.1) is 0 Å². The Morgan fingerprint density at radius 1 is 1.00 bits per heavy atom. The van der Waals surface area contributed by atoms with Gasteiger partial charge in [0, 0.05) is 17.3 Å². The van der Waals surface area contributed by atoms with Crippen LogP contribution >= 0.6 is 11.6 Å². The van der Waals surface area contributed by atoms with Crippen LogP contribution in [0.1, 0.15) is 35.9 Å². The Morgan fingerprint density at radius 3 is 2.68 bits per heavy atom. The van der Waals surface area contributed by atoms with Crippen molar-refractivity contribution in [3.05, 3.63) is 64.7 Å². The largest absolute Gasteiger partial charge is 0.364 e. The van der Waals surface area contributed by atoms with Gasteiger partial charge >= 0.3 is 0 Å². The zero-order valence-electron chi connectivity index (χ0n) is 10.7. The molecule has 2 heteroatoms. The maximum atomic E-state index is 6.19. The van der Waals surface area contributed by atoms with E-state index in [0.717, 1.165) is 17.5 Å². The number of halogens is 1. The summed E-state index contributed by atoms with van der Waals surface area (Å²) in [5, 5.41) is 0.860. The SMILES string of the molecule is Clc1ccc2c(c1)C1CC2CCN1c1ccccc1. The Morgan fingerprint density at radius 2 is 1.84 bits per heavy atom. The fourth-order valence-corrected chi connectivity index (χ4v) is 3.86. The highest BCUT2D eigenvalue weighted by molar-refractivity contribution is 6.30. The number of benzene rings is 2. The average molecular weight is 270 g/mol. The number of hydrogen-bond acceptors (Lipinski definition) is 1. The number of fused-ring (bicyclic) bond motifs is 5. The van der Waals surface area contributed by atoms with Crippen LogP contribution < -0.4 is 4.90 Å². The van der Waals surface area contributed by atoms with Gasteiger partial charge in [0.25, 0.3) is 0 Å². The van der Waals surface area contributed by atoms with Gasteiger partial charge in [0.1, 0.15) is 0 Å². The number of anilines is 1. The van der Waals surface area contributed by atoms with Gasteiger partial charge in [-0.2, -0.15) is 0 Å². The van der Waals surface area contributed by atoms with Crippen molar-refractivity contribution in [1.82, 2.24) is 0 Å². The van der Waals surface area contributed by atoms with Gasteiger partial charge in [-0.15, -0.1) is 0 Å². The van der Waals surface area contributed by atoms with Gasteiger partial charge in [-0.05, 0) is 54.2 Å². The maximum absolute atomic E-state index is 6.19. The van der Waals surface area contributed by atoms with Crippen molar-refractivity contribution in [2.24, 2.45) is 0 Å². The van der Waals surface area contributed by atoms with Crippen molar-refractivity contribution >= 4 is 17.3 Å². The molecular weight excluding hydrogens is 254 g/mol. The fourth-order valence-electron chi connectivity index (χ4n) is 3.68. The van der Waals surface area contributed by atoms with Crippen LogP contribution in [0.2, 0.25) is 5.02 Å². The molecule has 0 aromatic heterocycles. The predicted octanol–water partition coefficient (Wildman–Crippen LogP) is 4.78. The van der Waals surface area contributed by atoms with Gasteiger partial charge in [0.05, 0.1) is 6.04 Å². The van der Waals surface area contributed by atoms with Crippen molar-refractivity contribution in [2.45, 2.75) is 24.8 Å². The molecule has 19 heavy (non-hydrogen) atoms. The lowest BCUT2D eigenvalue weighted by molar-refractivity contribution is 0.465. The van der Waals surface area contributed by atoms with E-state index >= 15 is 0 Å². The topological polar surface area (TPSA) is 3.24 Å². The first-order chi connectivity index (χ1) is 9.33. The predicted molar refractivity (Wildman–Crippen MR) is 80.0 cm³/mol. The molecular formula is C17H16ClN. The molecule has 2 aromatic rings. The second kappa shape index (κ2) is 4.28. The van der Waals surface area contributed by atoms with E-state index in [1.807, 2.05) is 6.07 Å². The van der Waals surface area contributed by atoms with Gasteiger partial charge in [0.15, 0.2) is 0 Å². The van der Waals surface area contributed by atoms with E-state index in [1.54, 1.807) is 0 Å². The minimum absolute atomic E-state index is 0.509. The zero-order chi connectivity index (χ0) is 12.8. The zero-order valence-corrected chi connectivity index (χ0v) is 11.5. The average Bonchev–Trinajstić information content (AvgIpc) is 2.73. The molecule has 1 saturated heterocycles. The van der Waals surface area contributed by atoms with Crippen molar-refractivity contribution in [3.8, 4) is 0 Å². The molecule has 4 rings (SSSR count). The molecule has 2 bridgehead atoms. The number of rotatable bonds is 1. The molecule has 0 radical (unpaired) electrons. The number of para-hydroxylation sites is 1. The van der Waals surface area contributed by atoms with E-state index in [9.17, 15) is 0 Å². The van der Waals surface area contributed by atoms with E-state index < -0.39 is 0 Å². The van der Waals surface area contributed by atoms with E-state index in [-0.39, 0.29) is 0 Å². The van der Waals surface area contributed by atoms with Gasteiger partial charge in [-0.25, -0.2) is 0 Å². The van der Waals surface area contributed by atoms with Crippen molar-refractivity contribution < 1.29 is 0 Å². The first-order valence-corrected chi connectivity index (χ1v) is 7.32. The minimum Gasteiger partial charge on any atom is -0.364 e. The van der Waals surface area contributed by atoms with Crippen LogP contribution in [0.5, 0.6) is 0 Å². The molecule has 1 heterocycles. The summed E-state index contributed by atoms with van der Waals surface area (Å²) in [5.74, 6) is 0.734. The van der Waals surface area contributed by atoms with E-state index in [0.29, 0.717) is 6.04 Å². The second-order valence-corrected chi connectivity index (χ2v) is 5.98. The standard InChI is InChI=1S/C17H16ClN/c18-13-6-7-15-12-8-9-19(14-4-2-1-3-5-14)17(10-12)16(15)11-13/h1-7,11-12,17H,8-10H2. The summed E-state index contributed by atoms with van der Waals surface area (Å²) in [6.07, 6.45) is 2.49. The van der Waals surface area contributed by atoms with Crippen LogP contribution in [0.25, 0.3) is 0 Å². The second-order valence-electron chi connectivity index (χ2n) is 5.54. The van der Waals surface area contributed by atoms with Crippen molar-refractivity contribution in [2.75, 3.05) is 11.4 Å². The van der Waals surface area contributed by atoms with Crippen LogP contribution in [0.4, 0.5) is 5.69 Å². The third kappa shape index (κ3) is 1.76. The summed E-state index contributed by atoms with van der Waals surface area (Å²) >= 11 is 6.19. The van der Waals surface area contributed by atoms with Crippen LogP contribution in [-0.4, -0.2) is 6.54 Å². The molecule has 1 aliphatic heterocycles. The Labute approximate surface area is 118 Å². The van der Waals surface area contributed by atoms with Gasteiger partial charge in [-0.3, -0.25) is 0 Å². The van der Waals surface area contributed by atoms with Gasteiger partial charge < -0.3 is 4.90 Å². The summed E-state index contributed by atoms with van der Waals surface area (Å²) in [6.45, 7) is 1.14. The molecule has 2 unspecified atom stereocenters. The third-order valence-electron chi connectivity index (χ3n) is 4.54. The van der Waals surface area contributed by atoms with Crippen molar-refractivity contribution in [1.29, 1.82) is 0 Å². The molecule has 0 saturated carbocycles. The van der Waals surface area contributed by atoms with Crippen molar-refractivity contribution in [3.63, 3.8) is 0 Å². The fraction of sp³-hybridized carbons (Fsp3) is 0.294. The molecule has 0 amide bonds. The van der Waals surface area contributed by atoms with E-state index in [1.165, 1.54) is 29.7 Å². The van der Waals surface area contributed by atoms with Gasteiger partial charge in [0.2, 0.25) is 0 Å². The molecule has 1 fully saturated rings. The lowest BCUT2D eigenvalue weighted by atomic mass is 9.95. The highest BCUT2D eigenvalue weighted by Gasteiger charge is 2.38. The Balaban J connectivity index is 1.79. The summed E-state index contributed by atoms with van der Waals surface area (Å²) in [4.78, 5) is 2.54. The van der Waals surface area contributed by atoms with Crippen LogP contribution in [0.3, 0.4) is 0 Å². The highest BCUT2D eigenvalue weighted by Crippen LogP contribution is 2.50. The molecule has 1 nitrogen and oxygen atoms in total. The first kappa shape index (κ1) is 11.4. The molecule has 96 valence electrons. The molecule has 2 aromatic carbocycles. The van der Waals surface area contributed by atoms with Crippen LogP contribution in [-0.2, 0) is 0 Å². The molecule has 2 atom stereocenters. The van der Waals surface area contributed by atoms with E-state index in [2.05, 4.69) is 47.4 Å². The quantitative estimate of drug-likeness (QED) is 0.720. The number of nitrogens with zero attached hydrogens (tertiary/aromatic N) is 1. The number of hydrogen-bond donors (Lipinski definition) is 0. The monoisotopic (exact) mass is 269 g/mol. The third-order valence-corrected chi connectivity index (χ3v) is 4.77.